The van der Waals surface area contributed by atoms with Crippen LogP contribution in [0.15, 0.2) is 0 Å². The molecular weight excluding hydrogens is 228 g/mol. The maximum absolute atomic E-state index is 11.6. The molecule has 0 radical (unpaired) electrons. The van der Waals surface area contributed by atoms with E-state index in [0.717, 1.165) is 17.8 Å². The number of anilines is 1. The molecule has 0 atom stereocenters. The number of aryl methyl sites for hydroxylation is 1. The fourth-order valence-corrected chi connectivity index (χ4v) is 2.15. The van der Waals surface area contributed by atoms with E-state index in [2.05, 4.69) is 15.5 Å². The van der Waals surface area contributed by atoms with Gasteiger partial charge in [0.05, 0.1) is 0 Å². The molecule has 86 valence electrons. The van der Waals surface area contributed by atoms with Gasteiger partial charge in [0.1, 0.15) is 5.01 Å². The molecule has 0 saturated carbocycles. The molecule has 1 saturated heterocycles. The van der Waals surface area contributed by atoms with E-state index in [9.17, 15) is 9.59 Å². The van der Waals surface area contributed by atoms with Gasteiger partial charge in [-0.1, -0.05) is 11.3 Å². The van der Waals surface area contributed by atoms with Gasteiger partial charge < -0.3 is 4.90 Å². The first-order valence-electron chi connectivity index (χ1n) is 5.07. The Morgan fingerprint density at radius 3 is 2.56 bits per heavy atom. The number of carbonyl (C=O) groups excluding carboxylic acids is 2. The zero-order chi connectivity index (χ0) is 11.5. The summed E-state index contributed by atoms with van der Waals surface area (Å²) in [5, 5.41) is 11.1. The van der Waals surface area contributed by atoms with Crippen LogP contribution in [0.3, 0.4) is 0 Å². The third-order valence-corrected chi connectivity index (χ3v) is 3.09. The van der Waals surface area contributed by atoms with Crippen molar-refractivity contribution in [2.45, 2.75) is 19.8 Å². The summed E-state index contributed by atoms with van der Waals surface area (Å²) >= 11 is 1.25. The summed E-state index contributed by atoms with van der Waals surface area (Å²) in [6.07, 6.45) is 1.94. The summed E-state index contributed by atoms with van der Waals surface area (Å²) in [6, 6.07) is 0. The lowest BCUT2D eigenvalue weighted by Gasteiger charge is -2.13. The van der Waals surface area contributed by atoms with E-state index in [0.29, 0.717) is 18.2 Å². The molecule has 6 nitrogen and oxygen atoms in total. The van der Waals surface area contributed by atoms with Crippen molar-refractivity contribution >= 4 is 28.3 Å². The van der Waals surface area contributed by atoms with Crippen LogP contribution >= 0.6 is 11.3 Å². The van der Waals surface area contributed by atoms with Gasteiger partial charge in [0, 0.05) is 13.1 Å². The minimum atomic E-state index is -0.627. The Bertz CT molecular complexity index is 411. The second-order valence-electron chi connectivity index (χ2n) is 3.58. The van der Waals surface area contributed by atoms with Gasteiger partial charge in [0.15, 0.2) is 0 Å². The van der Waals surface area contributed by atoms with Crippen molar-refractivity contribution in [3.8, 4) is 0 Å². The van der Waals surface area contributed by atoms with E-state index < -0.39 is 11.8 Å². The molecule has 2 rings (SSSR count). The molecule has 0 spiro atoms. The van der Waals surface area contributed by atoms with Crippen molar-refractivity contribution in [3.63, 3.8) is 0 Å². The second kappa shape index (κ2) is 4.56. The molecule has 0 bridgehead atoms. The van der Waals surface area contributed by atoms with Crippen molar-refractivity contribution < 1.29 is 9.59 Å². The van der Waals surface area contributed by atoms with Crippen LogP contribution in [0, 0.1) is 6.92 Å². The maximum atomic E-state index is 11.6. The van der Waals surface area contributed by atoms with Gasteiger partial charge in [0.25, 0.3) is 0 Å². The summed E-state index contributed by atoms with van der Waals surface area (Å²) in [7, 11) is 0. The van der Waals surface area contributed by atoms with Crippen LogP contribution in [0.5, 0.6) is 0 Å². The number of nitrogens with zero attached hydrogens (tertiary/aromatic N) is 3. The predicted octanol–water partition coefficient (Wildman–Crippen LogP) is 0.407. The zero-order valence-corrected chi connectivity index (χ0v) is 9.71. The number of likely N-dealkylation sites (tertiary alicyclic amines) is 1. The number of amides is 2. The van der Waals surface area contributed by atoms with E-state index >= 15 is 0 Å². The SMILES string of the molecule is Cc1nnc(NC(=O)C(=O)N2CCCC2)s1. The van der Waals surface area contributed by atoms with Crippen LogP contribution in [-0.4, -0.2) is 40.0 Å². The standard InChI is InChI=1S/C9H12N4O2S/c1-6-11-12-9(16-6)10-7(14)8(15)13-4-2-3-5-13/h2-5H2,1H3,(H,10,12,14). The van der Waals surface area contributed by atoms with E-state index in [4.69, 9.17) is 0 Å². The first-order valence-corrected chi connectivity index (χ1v) is 5.89. The van der Waals surface area contributed by atoms with Gasteiger partial charge in [-0.05, 0) is 19.8 Å². The molecule has 2 heterocycles. The van der Waals surface area contributed by atoms with Gasteiger partial charge in [0.2, 0.25) is 5.13 Å². The number of hydrogen-bond donors (Lipinski definition) is 1. The Morgan fingerprint density at radius 1 is 1.31 bits per heavy atom. The fraction of sp³-hybridized carbons (Fsp3) is 0.556. The molecule has 2 amide bonds. The lowest BCUT2D eigenvalue weighted by molar-refractivity contribution is -0.142. The van der Waals surface area contributed by atoms with Gasteiger partial charge in [-0.25, -0.2) is 0 Å². The Hall–Kier alpha value is -1.50. The first kappa shape index (κ1) is 11.0. The normalized spacial score (nSPS) is 15.2. The molecular formula is C9H12N4O2S. The molecule has 7 heteroatoms. The highest BCUT2D eigenvalue weighted by Gasteiger charge is 2.25. The van der Waals surface area contributed by atoms with Gasteiger partial charge >= 0.3 is 11.8 Å². The summed E-state index contributed by atoms with van der Waals surface area (Å²) in [5.74, 6) is -1.11. The number of rotatable bonds is 1. The monoisotopic (exact) mass is 240 g/mol. The van der Waals surface area contributed by atoms with Crippen molar-refractivity contribution in [3.05, 3.63) is 5.01 Å². The van der Waals surface area contributed by atoms with E-state index in [1.54, 1.807) is 11.8 Å². The molecule has 1 aliphatic heterocycles. The molecule has 1 fully saturated rings. The molecule has 16 heavy (non-hydrogen) atoms. The molecule has 1 aromatic rings. The predicted molar refractivity (Wildman–Crippen MR) is 59.1 cm³/mol. The van der Waals surface area contributed by atoms with Crippen molar-refractivity contribution in [1.82, 2.24) is 15.1 Å². The fourth-order valence-electron chi connectivity index (χ4n) is 1.56. The Kier molecular flexibility index (Phi) is 3.14. The van der Waals surface area contributed by atoms with Crippen molar-refractivity contribution in [2.24, 2.45) is 0 Å². The third-order valence-electron chi connectivity index (χ3n) is 2.33. The summed E-state index contributed by atoms with van der Waals surface area (Å²) < 4.78 is 0. The Morgan fingerprint density at radius 2 is 2.00 bits per heavy atom. The largest absolute Gasteiger partial charge is 0.334 e. The molecule has 1 aliphatic rings. The van der Waals surface area contributed by atoms with Crippen LogP contribution in [0.1, 0.15) is 17.8 Å². The minimum Gasteiger partial charge on any atom is -0.334 e. The maximum Gasteiger partial charge on any atom is 0.315 e. The molecule has 1 N–H and O–H groups in total. The van der Waals surface area contributed by atoms with E-state index in [1.165, 1.54) is 11.3 Å². The highest BCUT2D eigenvalue weighted by molar-refractivity contribution is 7.15. The molecule has 0 aromatic carbocycles. The highest BCUT2D eigenvalue weighted by Crippen LogP contribution is 2.14. The smallest absolute Gasteiger partial charge is 0.315 e. The molecule has 0 unspecified atom stereocenters. The second-order valence-corrected chi connectivity index (χ2v) is 4.76. The summed E-state index contributed by atoms with van der Waals surface area (Å²) in [6.45, 7) is 3.12. The molecule has 0 aliphatic carbocycles. The van der Waals surface area contributed by atoms with E-state index in [-0.39, 0.29) is 0 Å². The van der Waals surface area contributed by atoms with Crippen LogP contribution in [0.2, 0.25) is 0 Å². The highest BCUT2D eigenvalue weighted by atomic mass is 32.1. The van der Waals surface area contributed by atoms with Gasteiger partial charge in [-0.2, -0.15) is 0 Å². The van der Waals surface area contributed by atoms with Crippen LogP contribution < -0.4 is 5.32 Å². The first-order chi connectivity index (χ1) is 7.66. The Labute approximate surface area is 96.7 Å². The summed E-state index contributed by atoms with van der Waals surface area (Å²) in [5.41, 5.74) is 0. The topological polar surface area (TPSA) is 75.2 Å². The van der Waals surface area contributed by atoms with E-state index in [1.807, 2.05) is 0 Å². The number of nitrogens with one attached hydrogen (secondary N) is 1. The molecule has 1 aromatic heterocycles. The third kappa shape index (κ3) is 2.35. The average Bonchev–Trinajstić information content (AvgIpc) is 2.88. The number of carbonyl (C=O) groups is 2. The van der Waals surface area contributed by atoms with Crippen LogP contribution in [0.4, 0.5) is 5.13 Å². The van der Waals surface area contributed by atoms with Gasteiger partial charge in [-0.3, -0.25) is 14.9 Å². The lowest BCUT2D eigenvalue weighted by Crippen LogP contribution is -2.37. The number of hydrogen-bond acceptors (Lipinski definition) is 5. The van der Waals surface area contributed by atoms with Crippen molar-refractivity contribution in [2.75, 3.05) is 18.4 Å². The lowest BCUT2D eigenvalue weighted by atomic mass is 10.4. The van der Waals surface area contributed by atoms with Gasteiger partial charge in [-0.15, -0.1) is 10.2 Å². The zero-order valence-electron chi connectivity index (χ0n) is 8.89. The summed E-state index contributed by atoms with van der Waals surface area (Å²) in [4.78, 5) is 24.7. The van der Waals surface area contributed by atoms with Crippen molar-refractivity contribution in [1.29, 1.82) is 0 Å². The minimum absolute atomic E-state index is 0.370. The quantitative estimate of drug-likeness (QED) is 0.721. The Balaban J connectivity index is 1.94. The van der Waals surface area contributed by atoms with Crippen LogP contribution in [0.25, 0.3) is 0 Å². The number of aromatic nitrogens is 2. The van der Waals surface area contributed by atoms with Crippen LogP contribution in [-0.2, 0) is 9.59 Å². The average molecular weight is 240 g/mol.